The minimum absolute atomic E-state index is 0.768. The third kappa shape index (κ3) is 2.30. The van der Waals surface area contributed by atoms with Gasteiger partial charge >= 0.3 is 0 Å². The zero-order chi connectivity index (χ0) is 6.69. The Morgan fingerprint density at radius 3 is 1.89 bits per heavy atom. The molecule has 0 amide bonds. The van der Waals surface area contributed by atoms with Crippen LogP contribution in [0, 0.1) is 0 Å². The molecule has 1 fully saturated rings. The number of rotatable bonds is 0. The lowest BCUT2D eigenvalue weighted by Gasteiger charge is -2.11. The van der Waals surface area contributed by atoms with Crippen molar-refractivity contribution >= 4 is 0 Å². The van der Waals surface area contributed by atoms with Crippen molar-refractivity contribution < 1.29 is 4.74 Å². The Labute approximate surface area is 56.2 Å². The average molecular weight is 130 g/mol. The Kier molecular flexibility index (Phi) is 2.45. The predicted octanol–water partition coefficient (Wildman–Crippen LogP) is -0.205. The molecule has 0 aromatic rings. The van der Waals surface area contributed by atoms with Crippen LogP contribution in [0.2, 0.25) is 0 Å². The molecular weight excluding hydrogens is 116 g/mol. The van der Waals surface area contributed by atoms with Crippen LogP contribution in [0.4, 0.5) is 0 Å². The second-order valence-corrected chi connectivity index (χ2v) is 2.62. The summed E-state index contributed by atoms with van der Waals surface area (Å²) in [6.07, 6.45) is 0. The largest absolute Gasteiger partial charge is 0.351 e. The second kappa shape index (κ2) is 3.15. The molecule has 54 valence electrons. The van der Waals surface area contributed by atoms with E-state index in [1.54, 1.807) is 0 Å². The fraction of sp³-hybridized carbons (Fsp3) is 1.00. The average Bonchev–Trinajstić information content (AvgIpc) is 1.97. The summed E-state index contributed by atoms with van der Waals surface area (Å²) in [6.45, 7) is 3.75. The van der Waals surface area contributed by atoms with Crippen LogP contribution in [0.5, 0.6) is 0 Å². The molecular formula is C6H14N2O. The van der Waals surface area contributed by atoms with Gasteiger partial charge in [0, 0.05) is 13.1 Å². The lowest BCUT2D eigenvalue weighted by atomic mass is 10.5. The highest BCUT2D eigenvalue weighted by atomic mass is 16.5. The molecule has 1 heterocycles. The van der Waals surface area contributed by atoms with E-state index < -0.39 is 0 Å². The molecule has 1 rings (SSSR count). The third-order valence-electron chi connectivity index (χ3n) is 1.49. The van der Waals surface area contributed by atoms with E-state index in [1.807, 2.05) is 0 Å². The maximum Gasteiger partial charge on any atom is 0.101 e. The fourth-order valence-corrected chi connectivity index (χ4v) is 0.823. The van der Waals surface area contributed by atoms with Gasteiger partial charge in [0.05, 0.1) is 0 Å². The molecule has 0 aliphatic carbocycles. The van der Waals surface area contributed by atoms with Crippen LogP contribution in [-0.4, -0.2) is 50.4 Å². The summed E-state index contributed by atoms with van der Waals surface area (Å²) >= 11 is 0. The van der Waals surface area contributed by atoms with Gasteiger partial charge in [-0.15, -0.1) is 0 Å². The Morgan fingerprint density at radius 2 is 1.44 bits per heavy atom. The van der Waals surface area contributed by atoms with E-state index in [9.17, 15) is 0 Å². The van der Waals surface area contributed by atoms with Gasteiger partial charge in [-0.1, -0.05) is 0 Å². The molecule has 0 bridgehead atoms. The SMILES string of the molecule is CN1CCN(C)COC1. The van der Waals surface area contributed by atoms with Gasteiger partial charge in [0.2, 0.25) is 0 Å². The molecule has 3 heteroatoms. The Balaban J connectivity index is 2.25. The number of nitrogens with zero attached hydrogens (tertiary/aromatic N) is 2. The molecule has 9 heavy (non-hydrogen) atoms. The van der Waals surface area contributed by atoms with E-state index in [1.165, 1.54) is 0 Å². The van der Waals surface area contributed by atoms with Crippen LogP contribution in [0.1, 0.15) is 0 Å². The number of hydrogen-bond donors (Lipinski definition) is 0. The normalized spacial score (nSPS) is 26.0. The molecule has 0 aromatic heterocycles. The minimum atomic E-state index is 0.768. The quantitative estimate of drug-likeness (QED) is 0.451. The van der Waals surface area contributed by atoms with Crippen molar-refractivity contribution in [2.45, 2.75) is 0 Å². The highest BCUT2D eigenvalue weighted by molar-refractivity contribution is 4.53. The summed E-state index contributed by atoms with van der Waals surface area (Å²) in [5, 5.41) is 0. The van der Waals surface area contributed by atoms with Gasteiger partial charge in [0.25, 0.3) is 0 Å². The topological polar surface area (TPSA) is 15.7 Å². The predicted molar refractivity (Wildman–Crippen MR) is 36.1 cm³/mol. The first-order valence-electron chi connectivity index (χ1n) is 3.24. The number of likely N-dealkylation sites (N-methyl/N-ethyl adjacent to an activating group) is 2. The van der Waals surface area contributed by atoms with Crippen molar-refractivity contribution in [2.75, 3.05) is 40.6 Å². The smallest absolute Gasteiger partial charge is 0.101 e. The first-order valence-corrected chi connectivity index (χ1v) is 3.24. The third-order valence-corrected chi connectivity index (χ3v) is 1.49. The molecule has 0 N–H and O–H groups in total. The Morgan fingerprint density at radius 1 is 1.00 bits per heavy atom. The minimum Gasteiger partial charge on any atom is -0.351 e. The van der Waals surface area contributed by atoms with Gasteiger partial charge in [-0.25, -0.2) is 0 Å². The van der Waals surface area contributed by atoms with Crippen molar-refractivity contribution in [2.24, 2.45) is 0 Å². The summed E-state index contributed by atoms with van der Waals surface area (Å²) in [6, 6.07) is 0. The zero-order valence-electron chi connectivity index (χ0n) is 6.13. The van der Waals surface area contributed by atoms with Crippen LogP contribution < -0.4 is 0 Å². The lowest BCUT2D eigenvalue weighted by Crippen LogP contribution is -2.25. The van der Waals surface area contributed by atoms with E-state index in [0.29, 0.717) is 0 Å². The molecule has 1 saturated heterocycles. The maximum absolute atomic E-state index is 5.27. The van der Waals surface area contributed by atoms with Gasteiger partial charge in [-0.05, 0) is 14.1 Å². The molecule has 3 nitrogen and oxygen atoms in total. The highest BCUT2D eigenvalue weighted by Crippen LogP contribution is 1.93. The van der Waals surface area contributed by atoms with Crippen molar-refractivity contribution in [3.05, 3.63) is 0 Å². The van der Waals surface area contributed by atoms with Crippen molar-refractivity contribution in [1.29, 1.82) is 0 Å². The monoisotopic (exact) mass is 130 g/mol. The van der Waals surface area contributed by atoms with Gasteiger partial charge < -0.3 is 4.74 Å². The van der Waals surface area contributed by atoms with E-state index in [0.717, 1.165) is 26.6 Å². The molecule has 0 spiro atoms. The van der Waals surface area contributed by atoms with Crippen LogP contribution in [0.15, 0.2) is 0 Å². The summed E-state index contributed by atoms with van der Waals surface area (Å²) in [5.74, 6) is 0. The number of ether oxygens (including phenoxy) is 1. The van der Waals surface area contributed by atoms with Crippen LogP contribution >= 0.6 is 0 Å². The molecule has 0 saturated carbocycles. The van der Waals surface area contributed by atoms with Gasteiger partial charge in [-0.2, -0.15) is 0 Å². The van der Waals surface area contributed by atoms with Gasteiger partial charge in [-0.3, -0.25) is 9.80 Å². The summed E-state index contributed by atoms with van der Waals surface area (Å²) < 4.78 is 5.27. The standard InChI is InChI=1S/C6H14N2O/c1-7-3-4-8(2)6-9-5-7/h3-6H2,1-2H3. The molecule has 1 aliphatic heterocycles. The van der Waals surface area contributed by atoms with E-state index >= 15 is 0 Å². The maximum atomic E-state index is 5.27. The Bertz CT molecular complexity index is 77.1. The fourth-order valence-electron chi connectivity index (χ4n) is 0.823. The lowest BCUT2D eigenvalue weighted by molar-refractivity contribution is 0.0239. The first kappa shape index (κ1) is 6.99. The second-order valence-electron chi connectivity index (χ2n) is 2.62. The molecule has 0 atom stereocenters. The number of hydrogen-bond acceptors (Lipinski definition) is 3. The Hall–Kier alpha value is -0.120. The summed E-state index contributed by atoms with van der Waals surface area (Å²) in [4.78, 5) is 4.34. The molecule has 0 unspecified atom stereocenters. The van der Waals surface area contributed by atoms with Crippen molar-refractivity contribution in [3.8, 4) is 0 Å². The van der Waals surface area contributed by atoms with Crippen LogP contribution in [-0.2, 0) is 4.74 Å². The van der Waals surface area contributed by atoms with E-state index in [-0.39, 0.29) is 0 Å². The van der Waals surface area contributed by atoms with E-state index in [2.05, 4.69) is 23.9 Å². The zero-order valence-corrected chi connectivity index (χ0v) is 6.13. The van der Waals surface area contributed by atoms with Crippen LogP contribution in [0.25, 0.3) is 0 Å². The summed E-state index contributed by atoms with van der Waals surface area (Å²) in [5.41, 5.74) is 0. The molecule has 1 aliphatic rings. The summed E-state index contributed by atoms with van der Waals surface area (Å²) in [7, 11) is 4.14. The van der Waals surface area contributed by atoms with Gasteiger partial charge in [0.15, 0.2) is 0 Å². The van der Waals surface area contributed by atoms with Crippen molar-refractivity contribution in [3.63, 3.8) is 0 Å². The van der Waals surface area contributed by atoms with Crippen molar-refractivity contribution in [1.82, 2.24) is 9.80 Å². The molecule has 0 aromatic carbocycles. The molecule has 0 radical (unpaired) electrons. The van der Waals surface area contributed by atoms with Crippen LogP contribution in [0.3, 0.4) is 0 Å². The highest BCUT2D eigenvalue weighted by Gasteiger charge is 2.06. The van der Waals surface area contributed by atoms with Gasteiger partial charge in [0.1, 0.15) is 13.5 Å². The first-order chi connectivity index (χ1) is 4.29. The van der Waals surface area contributed by atoms with E-state index in [4.69, 9.17) is 4.74 Å².